The predicted molar refractivity (Wildman–Crippen MR) is 84.4 cm³/mol. The van der Waals surface area contributed by atoms with Gasteiger partial charge in [0.1, 0.15) is 0 Å². The molecule has 0 amide bonds. The van der Waals surface area contributed by atoms with Crippen LogP contribution in [0.15, 0.2) is 0 Å². The van der Waals surface area contributed by atoms with Crippen LogP contribution < -0.4 is 5.32 Å². The van der Waals surface area contributed by atoms with Crippen molar-refractivity contribution in [2.75, 3.05) is 6.54 Å². The van der Waals surface area contributed by atoms with Crippen LogP contribution >= 0.6 is 0 Å². The molecule has 112 valence electrons. The van der Waals surface area contributed by atoms with E-state index >= 15 is 0 Å². The van der Waals surface area contributed by atoms with E-state index in [9.17, 15) is 0 Å². The summed E-state index contributed by atoms with van der Waals surface area (Å²) in [6, 6.07) is 0.834. The smallest absolute Gasteiger partial charge is 0.00672 e. The lowest BCUT2D eigenvalue weighted by Crippen LogP contribution is -2.34. The highest BCUT2D eigenvalue weighted by atomic mass is 14.9. The van der Waals surface area contributed by atoms with Gasteiger partial charge in [-0.1, -0.05) is 52.4 Å². The average Bonchev–Trinajstić information content (AvgIpc) is 2.70. The first kappa shape index (κ1) is 15.4. The Morgan fingerprint density at radius 2 is 1.26 bits per heavy atom. The van der Waals surface area contributed by atoms with Crippen LogP contribution in [0.3, 0.4) is 0 Å². The summed E-state index contributed by atoms with van der Waals surface area (Å²) in [5.74, 6) is 3.04. The third kappa shape index (κ3) is 5.10. The van der Waals surface area contributed by atoms with Crippen molar-refractivity contribution in [3.63, 3.8) is 0 Å². The zero-order valence-electron chi connectivity index (χ0n) is 13.3. The van der Waals surface area contributed by atoms with Crippen molar-refractivity contribution in [3.8, 4) is 0 Å². The summed E-state index contributed by atoms with van der Waals surface area (Å²) in [6.07, 6.45) is 16.0. The van der Waals surface area contributed by atoms with E-state index in [2.05, 4.69) is 19.2 Å². The highest BCUT2D eigenvalue weighted by Gasteiger charge is 2.22. The maximum Gasteiger partial charge on any atom is 0.00672 e. The van der Waals surface area contributed by atoms with Crippen LogP contribution in [-0.4, -0.2) is 12.6 Å². The van der Waals surface area contributed by atoms with E-state index in [1.165, 1.54) is 77.2 Å². The van der Waals surface area contributed by atoms with E-state index in [4.69, 9.17) is 0 Å². The summed E-state index contributed by atoms with van der Waals surface area (Å²) in [6.45, 7) is 6.03. The van der Waals surface area contributed by atoms with E-state index in [-0.39, 0.29) is 0 Å². The van der Waals surface area contributed by atoms with Crippen LogP contribution in [0.1, 0.15) is 84.5 Å². The Balaban J connectivity index is 1.63. The third-order valence-electron chi connectivity index (χ3n) is 5.90. The van der Waals surface area contributed by atoms with Gasteiger partial charge in [-0.05, 0) is 56.4 Å². The van der Waals surface area contributed by atoms with Gasteiger partial charge in [-0.25, -0.2) is 0 Å². The molecule has 2 atom stereocenters. The highest BCUT2D eigenvalue weighted by molar-refractivity contribution is 4.78. The standard InChI is InChI=1S/C18H35N/c1-3-15-6-5-7-18(13-12-15)19-14-17-10-8-16(4-2)9-11-17/h15-19H,3-14H2,1-2H3. The van der Waals surface area contributed by atoms with Crippen LogP contribution in [-0.2, 0) is 0 Å². The van der Waals surface area contributed by atoms with Gasteiger partial charge in [0.15, 0.2) is 0 Å². The normalized spacial score (nSPS) is 36.9. The van der Waals surface area contributed by atoms with Crippen molar-refractivity contribution in [2.24, 2.45) is 17.8 Å². The first-order chi connectivity index (χ1) is 9.31. The summed E-state index contributed by atoms with van der Waals surface area (Å²) >= 11 is 0. The number of hydrogen-bond acceptors (Lipinski definition) is 1. The second-order valence-electron chi connectivity index (χ2n) is 7.18. The minimum atomic E-state index is 0.834. The number of nitrogens with one attached hydrogen (secondary N) is 1. The molecule has 1 nitrogen and oxygen atoms in total. The largest absolute Gasteiger partial charge is 0.314 e. The molecule has 0 heterocycles. The molecule has 0 spiro atoms. The van der Waals surface area contributed by atoms with Gasteiger partial charge in [0.05, 0.1) is 0 Å². The van der Waals surface area contributed by atoms with Crippen molar-refractivity contribution in [3.05, 3.63) is 0 Å². The lowest BCUT2D eigenvalue weighted by molar-refractivity contribution is 0.253. The molecule has 0 aromatic heterocycles. The maximum absolute atomic E-state index is 3.91. The second-order valence-corrected chi connectivity index (χ2v) is 7.18. The molecule has 2 rings (SSSR count). The van der Waals surface area contributed by atoms with Crippen molar-refractivity contribution in [2.45, 2.75) is 90.5 Å². The molecular formula is C18H35N. The fraction of sp³-hybridized carbons (Fsp3) is 1.00. The second kappa shape index (κ2) is 8.29. The molecule has 2 aliphatic carbocycles. The van der Waals surface area contributed by atoms with Crippen molar-refractivity contribution >= 4 is 0 Å². The van der Waals surface area contributed by atoms with Crippen LogP contribution in [0.2, 0.25) is 0 Å². The molecule has 2 fully saturated rings. The van der Waals surface area contributed by atoms with E-state index in [1.54, 1.807) is 0 Å². The predicted octanol–water partition coefficient (Wildman–Crippen LogP) is 5.15. The van der Waals surface area contributed by atoms with Gasteiger partial charge in [0.25, 0.3) is 0 Å². The van der Waals surface area contributed by atoms with E-state index < -0.39 is 0 Å². The minimum absolute atomic E-state index is 0.834. The number of rotatable bonds is 5. The Kier molecular flexibility index (Phi) is 6.70. The fourth-order valence-electron chi connectivity index (χ4n) is 4.17. The first-order valence-corrected chi connectivity index (χ1v) is 9.05. The van der Waals surface area contributed by atoms with Gasteiger partial charge in [0, 0.05) is 6.04 Å². The highest BCUT2D eigenvalue weighted by Crippen LogP contribution is 2.31. The molecule has 2 unspecified atom stereocenters. The Labute approximate surface area is 120 Å². The summed E-state index contributed by atoms with van der Waals surface area (Å²) in [5, 5.41) is 3.91. The van der Waals surface area contributed by atoms with Gasteiger partial charge in [-0.3, -0.25) is 0 Å². The molecule has 19 heavy (non-hydrogen) atoms. The molecule has 0 radical (unpaired) electrons. The minimum Gasteiger partial charge on any atom is -0.314 e. The molecule has 2 saturated carbocycles. The maximum atomic E-state index is 3.91. The van der Waals surface area contributed by atoms with Gasteiger partial charge >= 0.3 is 0 Å². The molecule has 1 N–H and O–H groups in total. The Morgan fingerprint density at radius 3 is 1.95 bits per heavy atom. The third-order valence-corrected chi connectivity index (χ3v) is 5.90. The average molecular weight is 265 g/mol. The quantitative estimate of drug-likeness (QED) is 0.678. The lowest BCUT2D eigenvalue weighted by atomic mass is 9.81. The molecule has 0 aromatic rings. The van der Waals surface area contributed by atoms with Gasteiger partial charge in [-0.2, -0.15) is 0 Å². The van der Waals surface area contributed by atoms with E-state index in [1.807, 2.05) is 0 Å². The van der Waals surface area contributed by atoms with Crippen LogP contribution in [0, 0.1) is 17.8 Å². The Bertz CT molecular complexity index is 230. The van der Waals surface area contributed by atoms with Crippen LogP contribution in [0.5, 0.6) is 0 Å². The number of hydrogen-bond donors (Lipinski definition) is 1. The summed E-state index contributed by atoms with van der Waals surface area (Å²) in [7, 11) is 0. The van der Waals surface area contributed by atoms with Gasteiger partial charge in [0.2, 0.25) is 0 Å². The lowest BCUT2D eigenvalue weighted by Gasteiger charge is -2.29. The molecule has 0 aromatic carbocycles. The monoisotopic (exact) mass is 265 g/mol. The molecule has 0 aliphatic heterocycles. The first-order valence-electron chi connectivity index (χ1n) is 9.05. The van der Waals surface area contributed by atoms with Crippen molar-refractivity contribution < 1.29 is 0 Å². The molecule has 2 aliphatic rings. The zero-order chi connectivity index (χ0) is 13.5. The Hall–Kier alpha value is -0.0400. The summed E-state index contributed by atoms with van der Waals surface area (Å²) < 4.78 is 0. The molecular weight excluding hydrogens is 230 g/mol. The molecule has 0 bridgehead atoms. The SMILES string of the molecule is CCC1CCC(CNC2CCCC(CC)CC2)CC1. The van der Waals surface area contributed by atoms with Crippen molar-refractivity contribution in [1.82, 2.24) is 5.32 Å². The molecule has 1 heteroatoms. The van der Waals surface area contributed by atoms with Crippen molar-refractivity contribution in [1.29, 1.82) is 0 Å². The summed E-state index contributed by atoms with van der Waals surface area (Å²) in [4.78, 5) is 0. The van der Waals surface area contributed by atoms with Gasteiger partial charge in [-0.15, -0.1) is 0 Å². The molecule has 0 saturated heterocycles. The van der Waals surface area contributed by atoms with Crippen LogP contribution in [0.25, 0.3) is 0 Å². The van der Waals surface area contributed by atoms with Gasteiger partial charge < -0.3 is 5.32 Å². The zero-order valence-corrected chi connectivity index (χ0v) is 13.3. The topological polar surface area (TPSA) is 12.0 Å². The van der Waals surface area contributed by atoms with E-state index in [0.717, 1.165) is 23.8 Å². The fourth-order valence-corrected chi connectivity index (χ4v) is 4.17. The Morgan fingerprint density at radius 1 is 0.684 bits per heavy atom. The van der Waals surface area contributed by atoms with E-state index in [0.29, 0.717) is 0 Å². The summed E-state index contributed by atoms with van der Waals surface area (Å²) in [5.41, 5.74) is 0. The van der Waals surface area contributed by atoms with Crippen LogP contribution in [0.4, 0.5) is 0 Å².